The van der Waals surface area contributed by atoms with Crippen molar-refractivity contribution in [2.24, 2.45) is 4.99 Å². The van der Waals surface area contributed by atoms with Gasteiger partial charge in [0.1, 0.15) is 29.8 Å². The molecule has 0 aliphatic carbocycles. The van der Waals surface area contributed by atoms with Crippen molar-refractivity contribution in [1.82, 2.24) is 9.88 Å². The predicted molar refractivity (Wildman–Crippen MR) is 179 cm³/mol. The Morgan fingerprint density at radius 3 is 2.24 bits per heavy atom. The van der Waals surface area contributed by atoms with E-state index in [1.807, 2.05) is 72.5 Å². The van der Waals surface area contributed by atoms with Crippen LogP contribution in [0.25, 0.3) is 0 Å². The molecule has 0 spiro atoms. The van der Waals surface area contributed by atoms with Gasteiger partial charge in [-0.2, -0.15) is 0 Å². The normalized spacial score (nSPS) is 14.2. The number of amidine groups is 1. The van der Waals surface area contributed by atoms with E-state index in [1.165, 1.54) is 0 Å². The number of anilines is 2. The molecular weight excluding hydrogens is 684 g/mol. The standard InChI is InChI=1S/C33H29BrCl2FN5O3/c1-19(42-17-25(35)45-31-26-30(39-18-40-33(26)42)28(36)27(34)29(31)37)24-5-4-14-38-32(24)41(15-20-6-10-22(43-2)11-7-20)16-21-8-12-23(44-3)13-9-21/h4-14,17,19,39H,15-16,18H2,1-3H3. The zero-order valence-electron chi connectivity index (χ0n) is 24.7. The topological polar surface area (TPSA) is 71.5 Å². The van der Waals surface area contributed by atoms with E-state index >= 15 is 4.39 Å². The average molecular weight is 713 g/mol. The van der Waals surface area contributed by atoms with E-state index in [-0.39, 0.29) is 33.2 Å². The summed E-state index contributed by atoms with van der Waals surface area (Å²) in [5.74, 6) is 2.08. The molecule has 1 aromatic heterocycles. The Balaban J connectivity index is 1.42. The molecular formula is C33H29BrCl2FN5O3. The molecule has 2 aliphatic rings. The van der Waals surface area contributed by atoms with E-state index in [4.69, 9.17) is 47.4 Å². The molecule has 6 rings (SSSR count). The fraction of sp³-hybridized carbons (Fsp3) is 0.212. The molecule has 232 valence electrons. The molecule has 0 saturated carbocycles. The van der Waals surface area contributed by atoms with E-state index in [0.717, 1.165) is 34.0 Å². The van der Waals surface area contributed by atoms with Crippen LogP contribution in [0.5, 0.6) is 17.2 Å². The van der Waals surface area contributed by atoms with E-state index in [9.17, 15) is 0 Å². The molecule has 4 aromatic rings. The Kier molecular flexibility index (Phi) is 9.07. The van der Waals surface area contributed by atoms with Crippen molar-refractivity contribution in [2.75, 3.05) is 31.1 Å². The summed E-state index contributed by atoms with van der Waals surface area (Å²) in [7, 11) is 3.30. The lowest BCUT2D eigenvalue weighted by Crippen LogP contribution is -2.34. The van der Waals surface area contributed by atoms with E-state index in [1.54, 1.807) is 26.6 Å². The largest absolute Gasteiger partial charge is 0.497 e. The van der Waals surface area contributed by atoms with Crippen molar-refractivity contribution < 1.29 is 18.6 Å². The zero-order valence-corrected chi connectivity index (χ0v) is 27.8. The van der Waals surface area contributed by atoms with Gasteiger partial charge in [-0.25, -0.2) is 14.4 Å². The first-order valence-corrected chi connectivity index (χ1v) is 15.6. The number of methoxy groups -OCH3 is 2. The van der Waals surface area contributed by atoms with Crippen molar-refractivity contribution in [1.29, 1.82) is 0 Å². The maximum absolute atomic E-state index is 15.5. The molecule has 1 unspecified atom stereocenters. The molecule has 12 heteroatoms. The van der Waals surface area contributed by atoms with Crippen molar-refractivity contribution in [3.05, 3.63) is 116 Å². The summed E-state index contributed by atoms with van der Waals surface area (Å²) < 4.78 is 32.1. The van der Waals surface area contributed by atoms with Crippen LogP contribution in [0.15, 0.2) is 87.7 Å². The third-order valence-corrected chi connectivity index (χ3v) is 9.25. The Bertz CT molecular complexity index is 1740. The Labute approximate surface area is 279 Å². The number of aromatic nitrogens is 1. The van der Waals surface area contributed by atoms with Crippen LogP contribution in [0.1, 0.15) is 35.2 Å². The molecule has 0 bridgehead atoms. The van der Waals surface area contributed by atoms with Gasteiger partial charge in [-0.1, -0.05) is 41.9 Å². The van der Waals surface area contributed by atoms with Crippen LogP contribution in [-0.4, -0.2) is 36.6 Å². The highest BCUT2D eigenvalue weighted by molar-refractivity contribution is 9.10. The number of ether oxygens (including phenoxy) is 3. The Morgan fingerprint density at radius 1 is 1.02 bits per heavy atom. The second kappa shape index (κ2) is 13.2. The second-order valence-corrected chi connectivity index (χ2v) is 12.0. The minimum absolute atomic E-state index is 0.0203. The van der Waals surface area contributed by atoms with Gasteiger partial charge in [-0.3, -0.25) is 0 Å². The molecule has 0 fully saturated rings. The fourth-order valence-corrected chi connectivity index (χ4v) is 6.25. The number of hydrogen-bond donors (Lipinski definition) is 1. The monoisotopic (exact) mass is 711 g/mol. The molecule has 1 N–H and O–H groups in total. The van der Waals surface area contributed by atoms with Gasteiger partial charge < -0.3 is 29.3 Å². The lowest BCUT2D eigenvalue weighted by atomic mass is 10.0. The van der Waals surface area contributed by atoms with Crippen LogP contribution < -0.4 is 24.4 Å². The highest BCUT2D eigenvalue weighted by atomic mass is 79.9. The van der Waals surface area contributed by atoms with Gasteiger partial charge in [0.25, 0.3) is 0 Å². The molecule has 8 nitrogen and oxygen atoms in total. The predicted octanol–water partition coefficient (Wildman–Crippen LogP) is 8.48. The number of aliphatic imine (C=N–C) groups is 1. The summed E-state index contributed by atoms with van der Waals surface area (Å²) >= 11 is 16.4. The molecule has 0 amide bonds. The van der Waals surface area contributed by atoms with Crippen molar-refractivity contribution in [3.8, 4) is 17.2 Å². The summed E-state index contributed by atoms with van der Waals surface area (Å²) in [5, 5.41) is 3.33. The third kappa shape index (κ3) is 6.14. The molecule has 3 aromatic carbocycles. The smallest absolute Gasteiger partial charge is 0.210 e. The lowest BCUT2D eigenvalue weighted by molar-refractivity contribution is 0.403. The van der Waals surface area contributed by atoms with Gasteiger partial charge in [0.15, 0.2) is 11.6 Å². The van der Waals surface area contributed by atoms with Crippen LogP contribution in [0.2, 0.25) is 5.02 Å². The Morgan fingerprint density at radius 2 is 1.64 bits per heavy atom. The summed E-state index contributed by atoms with van der Waals surface area (Å²) in [5.41, 5.74) is 3.96. The van der Waals surface area contributed by atoms with Crippen LogP contribution in [-0.2, 0) is 13.1 Å². The lowest BCUT2D eigenvalue weighted by Gasteiger charge is -2.34. The van der Waals surface area contributed by atoms with Crippen LogP contribution in [0.4, 0.5) is 15.9 Å². The summed E-state index contributed by atoms with van der Waals surface area (Å²) in [4.78, 5) is 13.7. The minimum atomic E-state index is -0.663. The Hall–Kier alpha value is -3.99. The number of pyridine rings is 1. The summed E-state index contributed by atoms with van der Waals surface area (Å²) in [6.07, 6.45) is 3.40. The molecule has 0 saturated heterocycles. The highest BCUT2D eigenvalue weighted by Crippen LogP contribution is 2.47. The molecule has 3 heterocycles. The van der Waals surface area contributed by atoms with E-state index in [0.29, 0.717) is 30.2 Å². The number of benzene rings is 3. The maximum Gasteiger partial charge on any atom is 0.210 e. The second-order valence-electron chi connectivity index (χ2n) is 10.4. The number of rotatable bonds is 9. The van der Waals surface area contributed by atoms with Crippen LogP contribution in [0.3, 0.4) is 0 Å². The van der Waals surface area contributed by atoms with Crippen molar-refractivity contribution >= 4 is 56.5 Å². The first-order valence-electron chi connectivity index (χ1n) is 14.1. The van der Waals surface area contributed by atoms with Crippen LogP contribution >= 0.6 is 39.1 Å². The number of halogens is 4. The van der Waals surface area contributed by atoms with Gasteiger partial charge in [0.2, 0.25) is 5.22 Å². The van der Waals surface area contributed by atoms with Crippen LogP contribution in [0, 0.1) is 5.82 Å². The molecule has 1 atom stereocenters. The molecule has 45 heavy (non-hydrogen) atoms. The van der Waals surface area contributed by atoms with Crippen molar-refractivity contribution in [2.45, 2.75) is 26.1 Å². The van der Waals surface area contributed by atoms with Gasteiger partial charge in [0, 0.05) is 24.8 Å². The summed E-state index contributed by atoms with van der Waals surface area (Å²) in [6.45, 7) is 3.39. The summed E-state index contributed by atoms with van der Waals surface area (Å²) in [6, 6.07) is 19.5. The first-order chi connectivity index (χ1) is 21.8. The minimum Gasteiger partial charge on any atom is -0.497 e. The number of nitrogens with one attached hydrogen (secondary N) is 1. The first kappa shape index (κ1) is 31.0. The maximum atomic E-state index is 15.5. The third-order valence-electron chi connectivity index (χ3n) is 7.72. The van der Waals surface area contributed by atoms with E-state index in [2.05, 4.69) is 26.1 Å². The molecule has 0 radical (unpaired) electrons. The fourth-order valence-electron chi connectivity index (χ4n) is 5.44. The van der Waals surface area contributed by atoms with E-state index < -0.39 is 5.82 Å². The van der Waals surface area contributed by atoms with Gasteiger partial charge in [-0.05, 0) is 75.9 Å². The van der Waals surface area contributed by atoms with Crippen molar-refractivity contribution in [3.63, 3.8) is 0 Å². The van der Waals surface area contributed by atoms with Gasteiger partial charge >= 0.3 is 0 Å². The number of hydrogen-bond acceptors (Lipinski definition) is 8. The quantitative estimate of drug-likeness (QED) is 0.175. The average Bonchev–Trinajstić information content (AvgIpc) is 3.23. The van der Waals surface area contributed by atoms with Gasteiger partial charge in [-0.15, -0.1) is 0 Å². The number of nitrogens with zero attached hydrogens (tertiary/aromatic N) is 4. The molecule has 2 aliphatic heterocycles. The highest BCUT2D eigenvalue weighted by Gasteiger charge is 2.36. The zero-order chi connectivity index (χ0) is 31.7. The SMILES string of the molecule is COc1ccc(CN(Cc2ccc(OC)cc2)c2ncccc2C(C)N2C=C(Cl)Oc3c(F)c(Br)c(Cl)c4c3C2=NCN4)cc1. The van der Waals surface area contributed by atoms with Gasteiger partial charge in [0.05, 0.1) is 47.2 Å².